The maximum absolute atomic E-state index is 12.6. The highest BCUT2D eigenvalue weighted by atomic mass is 16.2. The van der Waals surface area contributed by atoms with Gasteiger partial charge in [-0.25, -0.2) is 0 Å². The van der Waals surface area contributed by atoms with E-state index in [2.05, 4.69) is 59.4 Å². The second-order valence-electron chi connectivity index (χ2n) is 7.32. The number of benzene rings is 2. The van der Waals surface area contributed by atoms with E-state index in [4.69, 9.17) is 0 Å². The van der Waals surface area contributed by atoms with Crippen LogP contribution in [-0.2, 0) is 17.9 Å². The van der Waals surface area contributed by atoms with E-state index < -0.39 is 0 Å². The van der Waals surface area contributed by atoms with Crippen molar-refractivity contribution in [2.24, 2.45) is 0 Å². The highest BCUT2D eigenvalue weighted by Crippen LogP contribution is 2.16. The van der Waals surface area contributed by atoms with E-state index in [0.717, 1.165) is 43.6 Å². The lowest BCUT2D eigenvalue weighted by Crippen LogP contribution is -2.48. The number of carbonyl (C=O) groups is 1. The molecule has 0 radical (unpaired) electrons. The Hall–Kier alpha value is -2.66. The molecule has 0 N–H and O–H groups in total. The smallest absolute Gasteiger partial charge is 0.224 e. The van der Waals surface area contributed by atoms with Gasteiger partial charge in [-0.05, 0) is 24.1 Å². The number of aryl methyl sites for hydroxylation is 2. The average molecular weight is 362 g/mol. The normalized spacial score (nSPS) is 15.4. The molecule has 5 nitrogen and oxygen atoms in total. The predicted molar refractivity (Wildman–Crippen MR) is 107 cm³/mol. The van der Waals surface area contributed by atoms with Crippen LogP contribution >= 0.6 is 0 Å². The molecule has 1 fully saturated rings. The highest BCUT2D eigenvalue weighted by molar-refractivity contribution is 5.80. The summed E-state index contributed by atoms with van der Waals surface area (Å²) in [5.74, 6) is 0.227. The van der Waals surface area contributed by atoms with Gasteiger partial charge in [0.1, 0.15) is 0 Å². The fourth-order valence-corrected chi connectivity index (χ4v) is 3.72. The average Bonchev–Trinajstić information content (AvgIpc) is 3.09. The van der Waals surface area contributed by atoms with Crippen molar-refractivity contribution in [1.82, 2.24) is 19.6 Å². The summed E-state index contributed by atoms with van der Waals surface area (Å²) in [4.78, 5) is 17.0. The summed E-state index contributed by atoms with van der Waals surface area (Å²) in [6.45, 7) is 7.17. The molecule has 1 saturated heterocycles. The minimum absolute atomic E-state index is 0.227. The van der Waals surface area contributed by atoms with Gasteiger partial charge in [0.2, 0.25) is 5.91 Å². The van der Waals surface area contributed by atoms with Crippen LogP contribution < -0.4 is 0 Å². The van der Waals surface area contributed by atoms with Gasteiger partial charge in [0.15, 0.2) is 0 Å². The molecule has 0 unspecified atom stereocenters. The van der Waals surface area contributed by atoms with Crippen LogP contribution in [0.1, 0.15) is 17.5 Å². The zero-order valence-corrected chi connectivity index (χ0v) is 15.8. The van der Waals surface area contributed by atoms with Crippen LogP contribution in [0.3, 0.4) is 0 Å². The standard InChI is InChI=1S/C22H26N4O/c1-18-7-8-20-16-23-26(21(20)15-18)10-9-22(27)25-13-11-24(12-14-25)17-19-5-3-2-4-6-19/h2-8,15-16H,9-14,17H2,1H3. The maximum atomic E-state index is 12.6. The Labute approximate surface area is 160 Å². The molecule has 1 aliphatic heterocycles. The monoisotopic (exact) mass is 362 g/mol. The van der Waals surface area contributed by atoms with Crippen molar-refractivity contribution in [3.05, 3.63) is 65.9 Å². The Morgan fingerprint density at radius 1 is 1.04 bits per heavy atom. The number of carbonyl (C=O) groups excluding carboxylic acids is 1. The Morgan fingerprint density at radius 2 is 1.81 bits per heavy atom. The van der Waals surface area contributed by atoms with Crippen molar-refractivity contribution < 1.29 is 4.79 Å². The Kier molecular flexibility index (Phi) is 5.21. The van der Waals surface area contributed by atoms with Crippen LogP contribution in [-0.4, -0.2) is 51.7 Å². The minimum atomic E-state index is 0.227. The quantitative estimate of drug-likeness (QED) is 0.700. The third kappa shape index (κ3) is 4.19. The fourth-order valence-electron chi connectivity index (χ4n) is 3.72. The topological polar surface area (TPSA) is 41.4 Å². The first-order valence-corrected chi connectivity index (χ1v) is 9.65. The zero-order valence-electron chi connectivity index (χ0n) is 15.8. The summed E-state index contributed by atoms with van der Waals surface area (Å²) in [7, 11) is 0. The summed E-state index contributed by atoms with van der Waals surface area (Å²) in [6, 6.07) is 16.8. The zero-order chi connectivity index (χ0) is 18.6. The molecule has 1 aliphatic rings. The van der Waals surface area contributed by atoms with E-state index in [9.17, 15) is 4.79 Å². The van der Waals surface area contributed by atoms with Crippen LogP contribution in [0.25, 0.3) is 10.9 Å². The number of rotatable bonds is 5. The van der Waals surface area contributed by atoms with Crippen molar-refractivity contribution in [2.45, 2.75) is 26.4 Å². The van der Waals surface area contributed by atoms with Crippen LogP contribution in [0, 0.1) is 6.92 Å². The number of hydrogen-bond donors (Lipinski definition) is 0. The van der Waals surface area contributed by atoms with Gasteiger partial charge in [-0.15, -0.1) is 0 Å². The number of nitrogens with zero attached hydrogens (tertiary/aromatic N) is 4. The molecule has 4 rings (SSSR count). The highest BCUT2D eigenvalue weighted by Gasteiger charge is 2.21. The van der Waals surface area contributed by atoms with E-state index >= 15 is 0 Å². The number of piperazine rings is 1. The predicted octanol–water partition coefficient (Wildman–Crippen LogP) is 3.08. The fraction of sp³-hybridized carbons (Fsp3) is 0.364. The third-order valence-corrected chi connectivity index (χ3v) is 5.31. The summed E-state index contributed by atoms with van der Waals surface area (Å²) in [5.41, 5.74) is 3.65. The van der Waals surface area contributed by atoms with E-state index in [-0.39, 0.29) is 5.91 Å². The van der Waals surface area contributed by atoms with Gasteiger partial charge in [0.05, 0.1) is 18.3 Å². The SMILES string of the molecule is Cc1ccc2cnn(CCC(=O)N3CCN(Cc4ccccc4)CC3)c2c1. The molecule has 1 aromatic heterocycles. The van der Waals surface area contributed by atoms with Crippen LogP contribution in [0.5, 0.6) is 0 Å². The second-order valence-corrected chi connectivity index (χ2v) is 7.32. The Morgan fingerprint density at radius 3 is 2.59 bits per heavy atom. The molecule has 140 valence electrons. The molecule has 0 saturated carbocycles. The van der Waals surface area contributed by atoms with Gasteiger partial charge in [0, 0.05) is 44.5 Å². The Balaban J connectivity index is 1.28. The number of fused-ring (bicyclic) bond motifs is 1. The molecule has 0 bridgehead atoms. The molecule has 5 heteroatoms. The van der Waals surface area contributed by atoms with Crippen molar-refractivity contribution in [2.75, 3.05) is 26.2 Å². The summed E-state index contributed by atoms with van der Waals surface area (Å²) in [6.07, 6.45) is 2.38. The summed E-state index contributed by atoms with van der Waals surface area (Å²) < 4.78 is 1.95. The molecule has 0 spiro atoms. The summed E-state index contributed by atoms with van der Waals surface area (Å²) in [5, 5.41) is 5.58. The molecule has 0 atom stereocenters. The third-order valence-electron chi connectivity index (χ3n) is 5.31. The molecule has 3 aromatic rings. The van der Waals surface area contributed by atoms with Crippen molar-refractivity contribution in [3.8, 4) is 0 Å². The van der Waals surface area contributed by atoms with Gasteiger partial charge in [0.25, 0.3) is 0 Å². The number of aromatic nitrogens is 2. The summed E-state index contributed by atoms with van der Waals surface area (Å²) >= 11 is 0. The molecular weight excluding hydrogens is 336 g/mol. The van der Waals surface area contributed by atoms with Crippen LogP contribution in [0.4, 0.5) is 0 Å². The van der Waals surface area contributed by atoms with Gasteiger partial charge in [-0.3, -0.25) is 14.4 Å². The molecule has 27 heavy (non-hydrogen) atoms. The van der Waals surface area contributed by atoms with Crippen molar-refractivity contribution in [3.63, 3.8) is 0 Å². The van der Waals surface area contributed by atoms with Gasteiger partial charge >= 0.3 is 0 Å². The molecule has 1 amide bonds. The van der Waals surface area contributed by atoms with E-state index in [1.807, 2.05) is 21.8 Å². The number of amides is 1. The maximum Gasteiger partial charge on any atom is 0.224 e. The van der Waals surface area contributed by atoms with E-state index in [1.165, 1.54) is 11.1 Å². The van der Waals surface area contributed by atoms with Gasteiger partial charge < -0.3 is 4.90 Å². The second kappa shape index (κ2) is 7.92. The molecule has 0 aliphatic carbocycles. The first kappa shape index (κ1) is 17.7. The number of hydrogen-bond acceptors (Lipinski definition) is 3. The van der Waals surface area contributed by atoms with Crippen LogP contribution in [0.2, 0.25) is 0 Å². The lowest BCUT2D eigenvalue weighted by atomic mass is 10.2. The lowest BCUT2D eigenvalue weighted by molar-refractivity contribution is -0.133. The van der Waals surface area contributed by atoms with Gasteiger partial charge in [-0.2, -0.15) is 5.10 Å². The molecule has 2 aromatic carbocycles. The molecule has 2 heterocycles. The van der Waals surface area contributed by atoms with Crippen molar-refractivity contribution in [1.29, 1.82) is 0 Å². The molecular formula is C22H26N4O. The first-order valence-electron chi connectivity index (χ1n) is 9.65. The van der Waals surface area contributed by atoms with Crippen molar-refractivity contribution >= 4 is 16.8 Å². The largest absolute Gasteiger partial charge is 0.340 e. The van der Waals surface area contributed by atoms with E-state index in [0.29, 0.717) is 13.0 Å². The minimum Gasteiger partial charge on any atom is -0.340 e. The van der Waals surface area contributed by atoms with Crippen LogP contribution in [0.15, 0.2) is 54.7 Å². The van der Waals surface area contributed by atoms with Gasteiger partial charge in [-0.1, -0.05) is 42.5 Å². The Bertz CT molecular complexity index is 910. The first-order chi connectivity index (χ1) is 13.2. The lowest BCUT2D eigenvalue weighted by Gasteiger charge is -2.34. The van der Waals surface area contributed by atoms with E-state index in [1.54, 1.807) is 0 Å².